The van der Waals surface area contributed by atoms with Crippen molar-refractivity contribution < 1.29 is 9.53 Å². The number of hydrogen-bond acceptors (Lipinski definition) is 5. The first-order chi connectivity index (χ1) is 10.1. The Morgan fingerprint density at radius 3 is 3.00 bits per heavy atom. The fraction of sp³-hybridized carbons (Fsp3) is 0.357. The number of thioether (sulfide) groups is 1. The molecule has 112 valence electrons. The molecule has 0 aliphatic rings. The van der Waals surface area contributed by atoms with Gasteiger partial charge in [-0.25, -0.2) is 0 Å². The maximum Gasteiger partial charge on any atom is 0.234 e. The van der Waals surface area contributed by atoms with Crippen molar-refractivity contribution in [2.75, 3.05) is 18.2 Å². The van der Waals surface area contributed by atoms with E-state index in [1.165, 1.54) is 11.8 Å². The number of benzene rings is 1. The molecule has 0 unspecified atom stereocenters. The summed E-state index contributed by atoms with van der Waals surface area (Å²) < 4.78 is 7.13. The van der Waals surface area contributed by atoms with Crippen molar-refractivity contribution in [1.82, 2.24) is 14.8 Å². The van der Waals surface area contributed by atoms with Crippen LogP contribution in [0.5, 0.6) is 5.75 Å². The zero-order valence-electron chi connectivity index (χ0n) is 12.3. The van der Waals surface area contributed by atoms with Crippen LogP contribution in [0.2, 0.25) is 0 Å². The molecule has 6 nitrogen and oxygen atoms in total. The number of aromatic nitrogens is 3. The van der Waals surface area contributed by atoms with Gasteiger partial charge in [0.05, 0.1) is 18.6 Å². The van der Waals surface area contributed by atoms with Gasteiger partial charge in [0.25, 0.3) is 0 Å². The molecule has 21 heavy (non-hydrogen) atoms. The lowest BCUT2D eigenvalue weighted by Crippen LogP contribution is -2.15. The molecule has 7 heteroatoms. The number of anilines is 1. The predicted octanol–water partition coefficient (Wildman–Crippen LogP) is 2.35. The van der Waals surface area contributed by atoms with Gasteiger partial charge in [0.1, 0.15) is 12.1 Å². The number of ether oxygens (including phenoxy) is 1. The van der Waals surface area contributed by atoms with Crippen LogP contribution >= 0.6 is 11.8 Å². The van der Waals surface area contributed by atoms with Crippen LogP contribution in [-0.2, 0) is 11.3 Å². The SMILES string of the molecule is CCn1cnnc1SCC(=O)Nc1cc(C)ccc1OC. The third-order valence-electron chi connectivity index (χ3n) is 2.88. The second kappa shape index (κ2) is 7.12. The van der Waals surface area contributed by atoms with Crippen molar-refractivity contribution in [3.63, 3.8) is 0 Å². The smallest absolute Gasteiger partial charge is 0.234 e. The fourth-order valence-corrected chi connectivity index (χ4v) is 2.59. The first kappa shape index (κ1) is 15.4. The molecule has 0 spiro atoms. The first-order valence-corrected chi connectivity index (χ1v) is 7.57. The van der Waals surface area contributed by atoms with Crippen molar-refractivity contribution in [3.05, 3.63) is 30.1 Å². The molecule has 0 saturated heterocycles. The largest absolute Gasteiger partial charge is 0.495 e. The van der Waals surface area contributed by atoms with Crippen molar-refractivity contribution in [3.8, 4) is 5.75 Å². The third-order valence-corrected chi connectivity index (χ3v) is 3.86. The highest BCUT2D eigenvalue weighted by Gasteiger charge is 2.10. The van der Waals surface area contributed by atoms with Crippen LogP contribution in [0, 0.1) is 6.92 Å². The van der Waals surface area contributed by atoms with E-state index >= 15 is 0 Å². The molecule has 0 bridgehead atoms. The number of carbonyl (C=O) groups is 1. The Morgan fingerprint density at radius 2 is 2.29 bits per heavy atom. The van der Waals surface area contributed by atoms with Crippen LogP contribution in [-0.4, -0.2) is 33.5 Å². The Labute approximate surface area is 127 Å². The second-order valence-electron chi connectivity index (χ2n) is 4.44. The van der Waals surface area contributed by atoms with Crippen molar-refractivity contribution in [2.45, 2.75) is 25.5 Å². The van der Waals surface area contributed by atoms with Gasteiger partial charge in [-0.1, -0.05) is 17.8 Å². The third kappa shape index (κ3) is 3.98. The average molecular weight is 306 g/mol. The fourth-order valence-electron chi connectivity index (χ4n) is 1.81. The minimum absolute atomic E-state index is 0.102. The quantitative estimate of drug-likeness (QED) is 0.830. The topological polar surface area (TPSA) is 69.0 Å². The normalized spacial score (nSPS) is 10.4. The highest BCUT2D eigenvalue weighted by atomic mass is 32.2. The number of methoxy groups -OCH3 is 1. The molecule has 1 aromatic carbocycles. The van der Waals surface area contributed by atoms with E-state index in [9.17, 15) is 4.79 Å². The summed E-state index contributed by atoms with van der Waals surface area (Å²) in [5.41, 5.74) is 1.74. The standard InChI is InChI=1S/C14H18N4O2S/c1-4-18-9-15-17-14(18)21-8-13(19)16-11-7-10(2)5-6-12(11)20-3/h5-7,9H,4,8H2,1-3H3,(H,16,19). The van der Waals surface area contributed by atoms with Gasteiger partial charge in [-0.05, 0) is 31.5 Å². The molecule has 0 saturated carbocycles. The predicted molar refractivity (Wildman–Crippen MR) is 82.8 cm³/mol. The van der Waals surface area contributed by atoms with Crippen molar-refractivity contribution in [1.29, 1.82) is 0 Å². The summed E-state index contributed by atoms with van der Waals surface area (Å²) in [6.45, 7) is 4.75. The summed E-state index contributed by atoms with van der Waals surface area (Å²) in [4.78, 5) is 12.0. The Balaban J connectivity index is 1.97. The lowest BCUT2D eigenvalue weighted by atomic mass is 10.2. The molecule has 1 N–H and O–H groups in total. The van der Waals surface area contributed by atoms with E-state index in [2.05, 4.69) is 15.5 Å². The summed E-state index contributed by atoms with van der Waals surface area (Å²) in [6, 6.07) is 5.66. The highest BCUT2D eigenvalue weighted by Crippen LogP contribution is 2.25. The molecule has 1 aromatic heterocycles. The minimum Gasteiger partial charge on any atom is -0.495 e. The van der Waals surface area contributed by atoms with E-state index in [1.807, 2.05) is 36.6 Å². The molecule has 0 atom stereocenters. The van der Waals surface area contributed by atoms with Gasteiger partial charge in [-0.3, -0.25) is 4.79 Å². The monoisotopic (exact) mass is 306 g/mol. The summed E-state index contributed by atoms with van der Waals surface area (Å²) >= 11 is 1.36. The van der Waals surface area contributed by atoms with Gasteiger partial charge in [0, 0.05) is 6.54 Å². The lowest BCUT2D eigenvalue weighted by molar-refractivity contribution is -0.113. The maximum absolute atomic E-state index is 12.0. The lowest BCUT2D eigenvalue weighted by Gasteiger charge is -2.10. The number of amides is 1. The maximum atomic E-state index is 12.0. The molecule has 0 aliphatic heterocycles. The summed E-state index contributed by atoms with van der Waals surface area (Å²) in [7, 11) is 1.58. The van der Waals surface area contributed by atoms with Gasteiger partial charge in [-0.15, -0.1) is 10.2 Å². The Morgan fingerprint density at radius 1 is 1.48 bits per heavy atom. The number of nitrogens with one attached hydrogen (secondary N) is 1. The van der Waals surface area contributed by atoms with E-state index in [0.29, 0.717) is 11.4 Å². The molecule has 2 aromatic rings. The van der Waals surface area contributed by atoms with Crippen LogP contribution in [0.1, 0.15) is 12.5 Å². The van der Waals surface area contributed by atoms with Gasteiger partial charge >= 0.3 is 0 Å². The molecule has 2 rings (SSSR count). The van der Waals surface area contributed by atoms with Crippen LogP contribution in [0.3, 0.4) is 0 Å². The van der Waals surface area contributed by atoms with E-state index in [-0.39, 0.29) is 11.7 Å². The van der Waals surface area contributed by atoms with E-state index < -0.39 is 0 Å². The Hall–Kier alpha value is -2.02. The van der Waals surface area contributed by atoms with Gasteiger partial charge in [0.15, 0.2) is 5.16 Å². The second-order valence-corrected chi connectivity index (χ2v) is 5.38. The number of rotatable bonds is 6. The first-order valence-electron chi connectivity index (χ1n) is 6.59. The minimum atomic E-state index is -0.102. The zero-order chi connectivity index (χ0) is 15.2. The summed E-state index contributed by atoms with van der Waals surface area (Å²) in [6.07, 6.45) is 1.66. The molecular formula is C14H18N4O2S. The summed E-state index contributed by atoms with van der Waals surface area (Å²) in [5, 5.41) is 11.4. The van der Waals surface area contributed by atoms with Crippen LogP contribution in [0.15, 0.2) is 29.7 Å². The van der Waals surface area contributed by atoms with E-state index in [4.69, 9.17) is 4.74 Å². The molecule has 0 aliphatic carbocycles. The number of aryl methyl sites for hydroxylation is 2. The average Bonchev–Trinajstić information content (AvgIpc) is 2.93. The van der Waals surface area contributed by atoms with Crippen LogP contribution < -0.4 is 10.1 Å². The molecule has 1 heterocycles. The molecule has 1 amide bonds. The molecular weight excluding hydrogens is 288 g/mol. The number of nitrogens with zero attached hydrogens (tertiary/aromatic N) is 3. The highest BCUT2D eigenvalue weighted by molar-refractivity contribution is 7.99. The van der Waals surface area contributed by atoms with Gasteiger partial charge in [-0.2, -0.15) is 0 Å². The molecule has 0 fully saturated rings. The molecule has 0 radical (unpaired) electrons. The number of hydrogen-bond donors (Lipinski definition) is 1. The van der Waals surface area contributed by atoms with Crippen LogP contribution in [0.4, 0.5) is 5.69 Å². The van der Waals surface area contributed by atoms with Gasteiger partial charge < -0.3 is 14.6 Å². The number of carbonyl (C=O) groups excluding carboxylic acids is 1. The zero-order valence-corrected chi connectivity index (χ0v) is 13.1. The van der Waals surface area contributed by atoms with Crippen molar-refractivity contribution >= 4 is 23.4 Å². The van der Waals surface area contributed by atoms with Crippen molar-refractivity contribution in [2.24, 2.45) is 0 Å². The Bertz CT molecular complexity index is 627. The summed E-state index contributed by atoms with van der Waals surface area (Å²) in [5.74, 6) is 0.820. The van der Waals surface area contributed by atoms with E-state index in [1.54, 1.807) is 13.4 Å². The van der Waals surface area contributed by atoms with Crippen LogP contribution in [0.25, 0.3) is 0 Å². The van der Waals surface area contributed by atoms with Gasteiger partial charge in [0.2, 0.25) is 5.91 Å². The van der Waals surface area contributed by atoms with E-state index in [0.717, 1.165) is 17.3 Å². The Kier molecular flexibility index (Phi) is 5.21.